The van der Waals surface area contributed by atoms with Crippen LogP contribution in [0.15, 0.2) is 0 Å². The minimum Gasteiger partial charge on any atom is -0.306 e. The molecule has 1 fully saturated rings. The van der Waals surface area contributed by atoms with Crippen LogP contribution in [0.3, 0.4) is 0 Å². The van der Waals surface area contributed by atoms with E-state index in [2.05, 4.69) is 49.1 Å². The standard InChI is InChI=1S/C15H30N4/c1-6-17-15(3,12-16)11-13(2)19(5)14-7-9-18(4)10-8-14/h13-14,17H,6-11H2,1-5H3. The molecule has 4 nitrogen and oxygen atoms in total. The van der Waals surface area contributed by atoms with Gasteiger partial charge in [-0.15, -0.1) is 0 Å². The van der Waals surface area contributed by atoms with Crippen molar-refractivity contribution in [1.29, 1.82) is 5.26 Å². The molecule has 1 heterocycles. The number of nitrogens with zero attached hydrogens (tertiary/aromatic N) is 3. The van der Waals surface area contributed by atoms with Crippen molar-refractivity contribution in [3.63, 3.8) is 0 Å². The summed E-state index contributed by atoms with van der Waals surface area (Å²) in [4.78, 5) is 4.87. The van der Waals surface area contributed by atoms with E-state index in [1.54, 1.807) is 0 Å². The molecule has 1 rings (SSSR count). The van der Waals surface area contributed by atoms with Gasteiger partial charge in [0.1, 0.15) is 5.54 Å². The third-order valence-corrected chi connectivity index (χ3v) is 4.48. The largest absolute Gasteiger partial charge is 0.306 e. The summed E-state index contributed by atoms with van der Waals surface area (Å²) >= 11 is 0. The fraction of sp³-hybridized carbons (Fsp3) is 0.933. The molecule has 1 saturated heterocycles. The zero-order valence-corrected chi connectivity index (χ0v) is 13.2. The van der Waals surface area contributed by atoms with Crippen molar-refractivity contribution in [3.05, 3.63) is 0 Å². The molecule has 1 aliphatic rings. The maximum absolute atomic E-state index is 9.35. The van der Waals surface area contributed by atoms with E-state index in [1.807, 2.05) is 6.92 Å². The molecule has 0 aliphatic carbocycles. The van der Waals surface area contributed by atoms with Crippen molar-refractivity contribution >= 4 is 0 Å². The van der Waals surface area contributed by atoms with E-state index in [0.29, 0.717) is 12.1 Å². The molecule has 1 N–H and O–H groups in total. The Balaban J connectivity index is 2.52. The smallest absolute Gasteiger partial charge is 0.105 e. The van der Waals surface area contributed by atoms with Crippen LogP contribution in [0.25, 0.3) is 0 Å². The quantitative estimate of drug-likeness (QED) is 0.794. The Kier molecular flexibility index (Phi) is 6.25. The average molecular weight is 266 g/mol. The zero-order chi connectivity index (χ0) is 14.5. The first-order chi connectivity index (χ1) is 8.91. The van der Waals surface area contributed by atoms with Gasteiger partial charge in [0, 0.05) is 12.1 Å². The second-order valence-electron chi connectivity index (χ2n) is 6.23. The first-order valence-corrected chi connectivity index (χ1v) is 7.48. The third kappa shape index (κ3) is 4.76. The summed E-state index contributed by atoms with van der Waals surface area (Å²) < 4.78 is 0. The van der Waals surface area contributed by atoms with Crippen molar-refractivity contribution in [2.45, 2.75) is 57.7 Å². The van der Waals surface area contributed by atoms with Crippen LogP contribution in [0.2, 0.25) is 0 Å². The summed E-state index contributed by atoms with van der Waals surface area (Å²) in [6.45, 7) is 9.52. The number of nitrogens with one attached hydrogen (secondary N) is 1. The number of hydrogen-bond donors (Lipinski definition) is 1. The normalized spacial score (nSPS) is 23.0. The zero-order valence-electron chi connectivity index (χ0n) is 13.2. The highest BCUT2D eigenvalue weighted by atomic mass is 15.2. The van der Waals surface area contributed by atoms with Gasteiger partial charge >= 0.3 is 0 Å². The van der Waals surface area contributed by atoms with Crippen LogP contribution < -0.4 is 5.32 Å². The number of rotatable bonds is 6. The molecule has 4 heteroatoms. The number of hydrogen-bond acceptors (Lipinski definition) is 4. The second kappa shape index (κ2) is 7.23. The Hall–Kier alpha value is -0.630. The van der Waals surface area contributed by atoms with Gasteiger partial charge in [-0.1, -0.05) is 6.92 Å². The molecule has 0 saturated carbocycles. The van der Waals surface area contributed by atoms with Gasteiger partial charge in [0.05, 0.1) is 6.07 Å². The van der Waals surface area contributed by atoms with Crippen molar-refractivity contribution in [2.24, 2.45) is 0 Å². The first-order valence-electron chi connectivity index (χ1n) is 7.48. The Labute approximate surface area is 118 Å². The van der Waals surface area contributed by atoms with Gasteiger partial charge in [-0.05, 0) is 66.8 Å². The fourth-order valence-corrected chi connectivity index (χ4v) is 3.04. The molecule has 0 radical (unpaired) electrons. The molecular weight excluding hydrogens is 236 g/mol. The van der Waals surface area contributed by atoms with E-state index >= 15 is 0 Å². The van der Waals surface area contributed by atoms with Crippen molar-refractivity contribution in [2.75, 3.05) is 33.7 Å². The molecular formula is C15H30N4. The fourth-order valence-electron chi connectivity index (χ4n) is 3.04. The van der Waals surface area contributed by atoms with Crippen LogP contribution in [0.1, 0.15) is 40.0 Å². The highest BCUT2D eigenvalue weighted by molar-refractivity contribution is 5.05. The molecule has 19 heavy (non-hydrogen) atoms. The maximum Gasteiger partial charge on any atom is 0.105 e. The van der Waals surface area contributed by atoms with Crippen LogP contribution in [0.5, 0.6) is 0 Å². The van der Waals surface area contributed by atoms with E-state index in [1.165, 1.54) is 25.9 Å². The lowest BCUT2D eigenvalue weighted by Gasteiger charge is -2.40. The van der Waals surface area contributed by atoms with E-state index in [4.69, 9.17) is 0 Å². The first kappa shape index (κ1) is 16.4. The molecule has 0 aromatic heterocycles. The Morgan fingerprint density at radius 3 is 2.53 bits per heavy atom. The highest BCUT2D eigenvalue weighted by Gasteiger charge is 2.30. The molecule has 0 amide bonds. The molecule has 110 valence electrons. The van der Waals surface area contributed by atoms with E-state index < -0.39 is 5.54 Å². The molecule has 0 aromatic rings. The molecule has 2 atom stereocenters. The van der Waals surface area contributed by atoms with Crippen LogP contribution in [0, 0.1) is 11.3 Å². The number of nitriles is 1. The van der Waals surface area contributed by atoms with E-state index in [-0.39, 0.29) is 0 Å². The van der Waals surface area contributed by atoms with Crippen LogP contribution in [-0.4, -0.2) is 61.2 Å². The van der Waals surface area contributed by atoms with Crippen LogP contribution in [-0.2, 0) is 0 Å². The number of likely N-dealkylation sites (tertiary alicyclic amines) is 1. The lowest BCUT2D eigenvalue weighted by molar-refractivity contribution is 0.101. The summed E-state index contributed by atoms with van der Waals surface area (Å²) in [7, 11) is 4.40. The molecule has 0 aromatic carbocycles. The SMILES string of the molecule is CCNC(C)(C#N)CC(C)N(C)C1CCN(C)CC1. The summed E-state index contributed by atoms with van der Waals surface area (Å²) in [6.07, 6.45) is 3.35. The summed E-state index contributed by atoms with van der Waals surface area (Å²) in [5.41, 5.74) is -0.409. The predicted octanol–water partition coefficient (Wildman–Crippen LogP) is 1.68. The van der Waals surface area contributed by atoms with Crippen molar-refractivity contribution in [1.82, 2.24) is 15.1 Å². The highest BCUT2D eigenvalue weighted by Crippen LogP contribution is 2.21. The third-order valence-electron chi connectivity index (χ3n) is 4.48. The van der Waals surface area contributed by atoms with Crippen LogP contribution in [0.4, 0.5) is 0 Å². The van der Waals surface area contributed by atoms with Crippen molar-refractivity contribution in [3.8, 4) is 6.07 Å². The van der Waals surface area contributed by atoms with E-state index in [0.717, 1.165) is 13.0 Å². The Morgan fingerprint density at radius 1 is 1.47 bits per heavy atom. The predicted molar refractivity (Wildman–Crippen MR) is 80.1 cm³/mol. The molecule has 0 spiro atoms. The van der Waals surface area contributed by atoms with Crippen molar-refractivity contribution < 1.29 is 0 Å². The van der Waals surface area contributed by atoms with Gasteiger partial charge in [-0.2, -0.15) is 5.26 Å². The molecule has 1 aliphatic heterocycles. The summed E-state index contributed by atoms with van der Waals surface area (Å²) in [6, 6.07) is 3.52. The average Bonchev–Trinajstić information content (AvgIpc) is 2.39. The van der Waals surface area contributed by atoms with Gasteiger partial charge in [-0.3, -0.25) is 5.32 Å². The topological polar surface area (TPSA) is 42.3 Å². The minimum absolute atomic E-state index is 0.409. The summed E-state index contributed by atoms with van der Waals surface area (Å²) in [5.74, 6) is 0. The van der Waals surface area contributed by atoms with Gasteiger partial charge < -0.3 is 9.80 Å². The van der Waals surface area contributed by atoms with Gasteiger partial charge in [0.25, 0.3) is 0 Å². The van der Waals surface area contributed by atoms with Gasteiger partial charge in [-0.25, -0.2) is 0 Å². The van der Waals surface area contributed by atoms with E-state index in [9.17, 15) is 5.26 Å². The van der Waals surface area contributed by atoms with Gasteiger partial charge in [0.15, 0.2) is 0 Å². The minimum atomic E-state index is -0.409. The van der Waals surface area contributed by atoms with Crippen LogP contribution >= 0.6 is 0 Å². The number of piperidine rings is 1. The lowest BCUT2D eigenvalue weighted by Crippen LogP contribution is -2.50. The maximum atomic E-state index is 9.35. The lowest BCUT2D eigenvalue weighted by atomic mass is 9.92. The monoisotopic (exact) mass is 266 g/mol. The Bertz CT molecular complexity index is 304. The Morgan fingerprint density at radius 2 is 2.05 bits per heavy atom. The molecule has 0 bridgehead atoms. The summed E-state index contributed by atoms with van der Waals surface area (Å²) in [5, 5.41) is 12.7. The van der Waals surface area contributed by atoms with Gasteiger partial charge in [0.2, 0.25) is 0 Å². The second-order valence-corrected chi connectivity index (χ2v) is 6.23. The molecule has 2 unspecified atom stereocenters.